The van der Waals surface area contributed by atoms with Crippen molar-refractivity contribution in [2.75, 3.05) is 5.32 Å². The second-order valence-electron chi connectivity index (χ2n) is 3.82. The fourth-order valence-corrected chi connectivity index (χ4v) is 4.61. The van der Waals surface area contributed by atoms with E-state index in [1.807, 2.05) is 29.2 Å². The average Bonchev–Trinajstić information content (AvgIpc) is 2.69. The summed E-state index contributed by atoms with van der Waals surface area (Å²) in [5, 5.41) is 3.33. The van der Waals surface area contributed by atoms with E-state index >= 15 is 0 Å². The van der Waals surface area contributed by atoms with E-state index in [-0.39, 0.29) is 0 Å². The van der Waals surface area contributed by atoms with Gasteiger partial charge in [0.25, 0.3) is 0 Å². The summed E-state index contributed by atoms with van der Waals surface area (Å²) in [7, 11) is 0. The summed E-state index contributed by atoms with van der Waals surface area (Å²) in [5.41, 5.74) is 2.30. The van der Waals surface area contributed by atoms with Crippen LogP contribution in [0.25, 0.3) is 0 Å². The number of benzene rings is 1. The van der Waals surface area contributed by atoms with Gasteiger partial charge in [-0.2, -0.15) is 0 Å². The van der Waals surface area contributed by atoms with Crippen LogP contribution < -0.4 is 5.32 Å². The molecule has 2 heterocycles. The van der Waals surface area contributed by atoms with Crippen molar-refractivity contribution in [3.63, 3.8) is 0 Å². The van der Waals surface area contributed by atoms with Crippen LogP contribution >= 0.6 is 35.3 Å². The fourth-order valence-electron chi connectivity index (χ4n) is 1.78. The highest BCUT2D eigenvalue weighted by atomic mass is 32.2. The highest BCUT2D eigenvalue weighted by Crippen LogP contribution is 2.43. The summed E-state index contributed by atoms with van der Waals surface area (Å²) in [6.45, 7) is 2.18. The molecule has 17 heavy (non-hydrogen) atoms. The normalized spacial score (nSPS) is 13.6. The Kier molecular flexibility index (Phi) is 2.94. The number of aryl methyl sites for hydroxylation is 1. The lowest BCUT2D eigenvalue weighted by molar-refractivity contribution is 1.19. The minimum atomic E-state index is 0.841. The van der Waals surface area contributed by atoms with E-state index in [4.69, 9.17) is 12.2 Å². The molecule has 0 spiro atoms. The average molecular weight is 277 g/mol. The van der Waals surface area contributed by atoms with Gasteiger partial charge in [-0.15, -0.1) is 11.3 Å². The predicted octanol–water partition coefficient (Wildman–Crippen LogP) is 4.56. The molecule has 1 N–H and O–H groups in total. The maximum Gasteiger partial charge on any atom is 0.113 e. The maximum atomic E-state index is 5.47. The molecule has 0 unspecified atom stereocenters. The molecule has 86 valence electrons. The van der Waals surface area contributed by atoms with Gasteiger partial charge in [0, 0.05) is 15.3 Å². The first-order valence-electron chi connectivity index (χ1n) is 5.49. The molecule has 1 nitrogen and oxygen atoms in total. The number of thiocarbonyl (C=S) groups is 1. The van der Waals surface area contributed by atoms with Crippen molar-refractivity contribution in [1.82, 2.24) is 0 Å². The van der Waals surface area contributed by atoms with Crippen molar-refractivity contribution in [2.45, 2.75) is 22.4 Å². The van der Waals surface area contributed by atoms with Crippen molar-refractivity contribution in [2.24, 2.45) is 0 Å². The van der Waals surface area contributed by atoms with Crippen molar-refractivity contribution >= 4 is 46.0 Å². The number of nitrogens with one attached hydrogen (secondary N) is 1. The van der Waals surface area contributed by atoms with Gasteiger partial charge in [-0.3, -0.25) is 0 Å². The Bertz CT molecular complexity index is 586. The predicted molar refractivity (Wildman–Crippen MR) is 79.6 cm³/mol. The zero-order chi connectivity index (χ0) is 11.8. The van der Waals surface area contributed by atoms with E-state index in [0.717, 1.165) is 17.1 Å². The van der Waals surface area contributed by atoms with Crippen LogP contribution in [0.2, 0.25) is 0 Å². The lowest BCUT2D eigenvalue weighted by Crippen LogP contribution is -2.08. The van der Waals surface area contributed by atoms with Crippen molar-refractivity contribution in [1.29, 1.82) is 0 Å². The Morgan fingerprint density at radius 1 is 1.29 bits per heavy atom. The van der Waals surface area contributed by atoms with Crippen LogP contribution in [-0.4, -0.2) is 4.99 Å². The van der Waals surface area contributed by atoms with E-state index < -0.39 is 0 Å². The van der Waals surface area contributed by atoms with Crippen LogP contribution in [0.5, 0.6) is 0 Å². The molecule has 0 aliphatic carbocycles. The summed E-state index contributed by atoms with van der Waals surface area (Å²) in [5.74, 6) is 0. The number of fused-ring (bicyclic) bond motifs is 2. The smallest absolute Gasteiger partial charge is 0.113 e. The Balaban J connectivity index is 2.12. The van der Waals surface area contributed by atoms with E-state index in [1.165, 1.54) is 19.5 Å². The summed E-state index contributed by atoms with van der Waals surface area (Å²) >= 11 is 9.13. The molecule has 0 atom stereocenters. The monoisotopic (exact) mass is 277 g/mol. The Morgan fingerprint density at radius 3 is 2.94 bits per heavy atom. The summed E-state index contributed by atoms with van der Waals surface area (Å²) in [4.78, 5) is 3.48. The number of rotatable bonds is 1. The van der Waals surface area contributed by atoms with Crippen LogP contribution in [-0.2, 0) is 6.42 Å². The van der Waals surface area contributed by atoms with Crippen LogP contribution in [0.1, 0.15) is 17.4 Å². The number of thiophene rings is 1. The molecule has 2 aromatic rings. The molecular weight excluding hydrogens is 266 g/mol. The topological polar surface area (TPSA) is 12.0 Å². The largest absolute Gasteiger partial charge is 0.345 e. The number of hydrogen-bond acceptors (Lipinski definition) is 3. The van der Waals surface area contributed by atoms with Gasteiger partial charge in [0.15, 0.2) is 0 Å². The third-order valence-corrected chi connectivity index (χ3v) is 5.56. The second-order valence-corrected chi connectivity index (χ2v) is 6.68. The third kappa shape index (κ3) is 2.01. The molecular formula is C13H11NS3. The summed E-state index contributed by atoms with van der Waals surface area (Å²) in [6, 6.07) is 10.5. The van der Waals surface area contributed by atoms with Crippen LogP contribution in [0, 0.1) is 0 Å². The molecule has 0 bridgehead atoms. The minimum absolute atomic E-state index is 0.841. The van der Waals surface area contributed by atoms with Crippen LogP contribution in [0.15, 0.2) is 39.4 Å². The zero-order valence-electron chi connectivity index (χ0n) is 9.32. The van der Waals surface area contributed by atoms with Crippen molar-refractivity contribution in [3.05, 3.63) is 40.8 Å². The Morgan fingerprint density at radius 2 is 2.12 bits per heavy atom. The third-order valence-electron chi connectivity index (χ3n) is 2.68. The molecule has 0 fully saturated rings. The molecule has 1 aliphatic rings. The molecule has 0 amide bonds. The number of hydrogen-bond donors (Lipinski definition) is 1. The van der Waals surface area contributed by atoms with Crippen molar-refractivity contribution in [3.8, 4) is 0 Å². The summed E-state index contributed by atoms with van der Waals surface area (Å²) < 4.78 is 1.31. The maximum absolute atomic E-state index is 5.47. The number of anilines is 1. The molecule has 1 aromatic carbocycles. The van der Waals surface area contributed by atoms with Gasteiger partial charge in [0.05, 0.1) is 9.90 Å². The standard InChI is InChI=1S/C13H11NS3/c1-2-8-7-9-12(15)14-10-5-3-4-6-11(10)17-13(9)16-8/h3-7H,2H2,1H3,(H,14,15). The van der Waals surface area contributed by atoms with Gasteiger partial charge in [0.1, 0.15) is 4.99 Å². The van der Waals surface area contributed by atoms with Crippen LogP contribution in [0.4, 0.5) is 5.69 Å². The highest BCUT2D eigenvalue weighted by molar-refractivity contribution is 8.01. The highest BCUT2D eigenvalue weighted by Gasteiger charge is 2.19. The lowest BCUT2D eigenvalue weighted by atomic mass is 10.2. The van der Waals surface area contributed by atoms with E-state index in [2.05, 4.69) is 36.5 Å². The van der Waals surface area contributed by atoms with Gasteiger partial charge >= 0.3 is 0 Å². The molecule has 1 aliphatic heterocycles. The minimum Gasteiger partial charge on any atom is -0.345 e. The Hall–Kier alpha value is -0.840. The van der Waals surface area contributed by atoms with Gasteiger partial charge in [-0.25, -0.2) is 0 Å². The fraction of sp³-hybridized carbons (Fsp3) is 0.154. The summed E-state index contributed by atoms with van der Waals surface area (Å²) in [6.07, 6.45) is 1.07. The van der Waals surface area contributed by atoms with Crippen LogP contribution in [0.3, 0.4) is 0 Å². The lowest BCUT2D eigenvalue weighted by Gasteiger charge is -2.06. The van der Waals surface area contributed by atoms with Crippen molar-refractivity contribution < 1.29 is 0 Å². The van der Waals surface area contributed by atoms with E-state index in [0.29, 0.717) is 0 Å². The molecule has 1 aromatic heterocycles. The first-order valence-corrected chi connectivity index (χ1v) is 7.53. The van der Waals surface area contributed by atoms with E-state index in [1.54, 1.807) is 0 Å². The zero-order valence-corrected chi connectivity index (χ0v) is 11.8. The Labute approximate surface area is 114 Å². The molecule has 0 saturated heterocycles. The molecule has 3 rings (SSSR count). The first-order chi connectivity index (χ1) is 8.28. The quantitative estimate of drug-likeness (QED) is 0.767. The molecule has 0 saturated carbocycles. The van der Waals surface area contributed by atoms with Gasteiger partial charge in [-0.1, -0.05) is 43.0 Å². The van der Waals surface area contributed by atoms with Gasteiger partial charge < -0.3 is 5.32 Å². The first kappa shape index (κ1) is 11.3. The van der Waals surface area contributed by atoms with Gasteiger partial charge in [0.2, 0.25) is 0 Å². The molecule has 4 heteroatoms. The molecule has 0 radical (unpaired) electrons. The van der Waals surface area contributed by atoms with Gasteiger partial charge in [-0.05, 0) is 24.6 Å². The van der Waals surface area contributed by atoms with E-state index in [9.17, 15) is 0 Å². The number of para-hydroxylation sites is 1. The second kappa shape index (κ2) is 4.44. The SMILES string of the molecule is CCc1cc2c(s1)Sc1ccccc1NC2=S.